The Kier molecular flexibility index (Phi) is 3.14. The zero-order valence-electron chi connectivity index (χ0n) is 11.3. The van der Waals surface area contributed by atoms with Crippen molar-refractivity contribution in [2.45, 2.75) is 51.1 Å². The van der Waals surface area contributed by atoms with E-state index in [2.05, 4.69) is 24.1 Å². The summed E-state index contributed by atoms with van der Waals surface area (Å²) in [5.74, 6) is -1.16. The van der Waals surface area contributed by atoms with E-state index in [1.807, 2.05) is 0 Å². The van der Waals surface area contributed by atoms with E-state index in [0.29, 0.717) is 18.6 Å². The molecular formula is C14H24F2N2. The van der Waals surface area contributed by atoms with Crippen molar-refractivity contribution in [1.29, 1.82) is 0 Å². The second-order valence-electron chi connectivity index (χ2n) is 6.81. The van der Waals surface area contributed by atoms with E-state index in [4.69, 9.17) is 0 Å². The predicted molar refractivity (Wildman–Crippen MR) is 67.8 cm³/mol. The Morgan fingerprint density at radius 1 is 1.22 bits per heavy atom. The monoisotopic (exact) mass is 258 g/mol. The molecule has 2 nitrogen and oxygen atoms in total. The smallest absolute Gasteiger partial charge is 0.252 e. The van der Waals surface area contributed by atoms with Gasteiger partial charge in [0, 0.05) is 44.1 Å². The molecule has 1 heterocycles. The van der Waals surface area contributed by atoms with Crippen molar-refractivity contribution in [2.75, 3.05) is 19.6 Å². The molecule has 0 radical (unpaired) electrons. The lowest BCUT2D eigenvalue weighted by Gasteiger charge is -2.22. The van der Waals surface area contributed by atoms with Crippen LogP contribution in [-0.2, 0) is 0 Å². The average molecular weight is 258 g/mol. The Balaban J connectivity index is 1.42. The van der Waals surface area contributed by atoms with E-state index in [9.17, 15) is 8.78 Å². The number of nitrogens with one attached hydrogen (secondary N) is 1. The van der Waals surface area contributed by atoms with Gasteiger partial charge in [0.1, 0.15) is 0 Å². The molecule has 1 saturated heterocycles. The average Bonchev–Trinajstić information content (AvgIpc) is 2.63. The van der Waals surface area contributed by atoms with Crippen LogP contribution in [0.4, 0.5) is 8.78 Å². The molecule has 1 N–H and O–H groups in total. The normalized spacial score (nSPS) is 42.5. The maximum absolute atomic E-state index is 12.8. The second-order valence-corrected chi connectivity index (χ2v) is 6.81. The minimum atomic E-state index is -2.37. The number of hydrogen-bond donors (Lipinski definition) is 1. The number of fused-ring (bicyclic) bond motifs is 1. The van der Waals surface area contributed by atoms with Crippen LogP contribution in [0.5, 0.6) is 0 Å². The van der Waals surface area contributed by atoms with Gasteiger partial charge in [0.15, 0.2) is 0 Å². The highest BCUT2D eigenvalue weighted by Crippen LogP contribution is 2.48. The van der Waals surface area contributed by atoms with Gasteiger partial charge >= 0.3 is 0 Å². The van der Waals surface area contributed by atoms with Gasteiger partial charge in [0.05, 0.1) is 0 Å². The quantitative estimate of drug-likeness (QED) is 0.832. The van der Waals surface area contributed by atoms with Crippen LogP contribution in [-0.4, -0.2) is 42.5 Å². The first-order valence-electron chi connectivity index (χ1n) is 7.31. The van der Waals surface area contributed by atoms with E-state index < -0.39 is 5.92 Å². The number of halogens is 2. The summed E-state index contributed by atoms with van der Waals surface area (Å²) in [6.07, 6.45) is 2.47. The summed E-state index contributed by atoms with van der Waals surface area (Å²) in [5, 5.41) is 3.37. The van der Waals surface area contributed by atoms with Crippen LogP contribution in [0.1, 0.15) is 33.1 Å². The molecule has 0 spiro atoms. The summed E-state index contributed by atoms with van der Waals surface area (Å²) >= 11 is 0. The standard InChI is InChI=1S/C14H24F2N2/c1-9(2)18-7-10-3-13(4-11(10)8-18)17-6-12-5-14(12,15)16/h9-13,17H,3-8H2,1-2H3/t10-,11+,12?,13?. The molecule has 3 rings (SSSR count). The number of nitrogens with zero attached hydrogens (tertiary/aromatic N) is 1. The molecule has 0 amide bonds. The van der Waals surface area contributed by atoms with Crippen LogP contribution in [0.25, 0.3) is 0 Å². The van der Waals surface area contributed by atoms with E-state index in [0.717, 1.165) is 11.8 Å². The number of hydrogen-bond acceptors (Lipinski definition) is 2. The van der Waals surface area contributed by atoms with Crippen molar-refractivity contribution in [3.05, 3.63) is 0 Å². The minimum absolute atomic E-state index is 0.0979. The molecule has 0 aromatic carbocycles. The first kappa shape index (κ1) is 12.8. The van der Waals surface area contributed by atoms with Gasteiger partial charge in [0.2, 0.25) is 0 Å². The van der Waals surface area contributed by atoms with E-state index in [-0.39, 0.29) is 12.3 Å². The molecule has 3 fully saturated rings. The van der Waals surface area contributed by atoms with E-state index in [1.54, 1.807) is 0 Å². The molecule has 4 heteroatoms. The van der Waals surface area contributed by atoms with Gasteiger partial charge in [-0.15, -0.1) is 0 Å². The van der Waals surface area contributed by atoms with Crippen molar-refractivity contribution in [2.24, 2.45) is 17.8 Å². The summed E-state index contributed by atoms with van der Waals surface area (Å²) in [6, 6.07) is 1.14. The summed E-state index contributed by atoms with van der Waals surface area (Å²) in [6.45, 7) is 7.45. The maximum atomic E-state index is 12.8. The zero-order chi connectivity index (χ0) is 12.9. The van der Waals surface area contributed by atoms with Gasteiger partial charge in [-0.2, -0.15) is 0 Å². The highest BCUT2D eigenvalue weighted by atomic mass is 19.3. The Bertz CT molecular complexity index is 305. The van der Waals surface area contributed by atoms with E-state index in [1.165, 1.54) is 25.9 Å². The van der Waals surface area contributed by atoms with Crippen molar-refractivity contribution < 1.29 is 8.78 Å². The van der Waals surface area contributed by atoms with Crippen molar-refractivity contribution in [3.63, 3.8) is 0 Å². The lowest BCUT2D eigenvalue weighted by atomic mass is 10.0. The van der Waals surface area contributed by atoms with E-state index >= 15 is 0 Å². The van der Waals surface area contributed by atoms with Gasteiger partial charge in [0.25, 0.3) is 5.92 Å². The van der Waals surface area contributed by atoms with Crippen LogP contribution in [0, 0.1) is 17.8 Å². The molecule has 0 bridgehead atoms. The molecule has 2 unspecified atom stereocenters. The Morgan fingerprint density at radius 2 is 1.78 bits per heavy atom. The SMILES string of the molecule is CC(C)N1C[C@H]2CC(NCC3CC3(F)F)C[C@H]2C1. The van der Waals surface area contributed by atoms with Gasteiger partial charge < -0.3 is 10.2 Å². The molecule has 0 aromatic heterocycles. The highest BCUT2D eigenvalue weighted by molar-refractivity contribution is 4.99. The van der Waals surface area contributed by atoms with Crippen LogP contribution in [0.3, 0.4) is 0 Å². The van der Waals surface area contributed by atoms with Gasteiger partial charge in [-0.3, -0.25) is 0 Å². The Labute approximate surface area is 108 Å². The summed E-state index contributed by atoms with van der Waals surface area (Å²) in [4.78, 5) is 2.56. The third-order valence-corrected chi connectivity index (χ3v) is 5.12. The fraction of sp³-hybridized carbons (Fsp3) is 1.00. The number of alkyl halides is 2. The fourth-order valence-corrected chi connectivity index (χ4v) is 3.72. The lowest BCUT2D eigenvalue weighted by molar-refractivity contribution is 0.0979. The third kappa shape index (κ3) is 2.42. The second kappa shape index (κ2) is 4.41. The largest absolute Gasteiger partial charge is 0.313 e. The van der Waals surface area contributed by atoms with Gasteiger partial charge in [-0.25, -0.2) is 8.78 Å². The molecule has 2 aliphatic carbocycles. The number of likely N-dealkylation sites (tertiary alicyclic amines) is 1. The molecule has 2 saturated carbocycles. The summed E-state index contributed by atoms with van der Waals surface area (Å²) in [7, 11) is 0. The Hall–Kier alpha value is -0.220. The molecule has 104 valence electrons. The third-order valence-electron chi connectivity index (χ3n) is 5.12. The zero-order valence-corrected chi connectivity index (χ0v) is 11.3. The van der Waals surface area contributed by atoms with Crippen LogP contribution < -0.4 is 5.32 Å². The van der Waals surface area contributed by atoms with Crippen LogP contribution in [0.2, 0.25) is 0 Å². The van der Waals surface area contributed by atoms with Crippen molar-refractivity contribution in [1.82, 2.24) is 10.2 Å². The maximum Gasteiger partial charge on any atom is 0.252 e. The molecule has 0 aromatic rings. The molecular weight excluding hydrogens is 234 g/mol. The predicted octanol–water partition coefficient (Wildman–Crippen LogP) is 2.35. The highest BCUT2D eigenvalue weighted by Gasteiger charge is 2.56. The number of rotatable bonds is 4. The fourth-order valence-electron chi connectivity index (χ4n) is 3.72. The molecule has 18 heavy (non-hydrogen) atoms. The summed E-state index contributed by atoms with van der Waals surface area (Å²) < 4.78 is 25.6. The van der Waals surface area contributed by atoms with Gasteiger partial charge in [-0.1, -0.05) is 0 Å². The first-order chi connectivity index (χ1) is 8.45. The lowest BCUT2D eigenvalue weighted by Crippen LogP contribution is -2.34. The molecule has 3 aliphatic rings. The van der Waals surface area contributed by atoms with Crippen molar-refractivity contribution >= 4 is 0 Å². The minimum Gasteiger partial charge on any atom is -0.313 e. The first-order valence-corrected chi connectivity index (χ1v) is 7.31. The molecule has 1 aliphatic heterocycles. The van der Waals surface area contributed by atoms with Crippen LogP contribution >= 0.6 is 0 Å². The summed E-state index contributed by atoms with van der Waals surface area (Å²) in [5.41, 5.74) is 0. The van der Waals surface area contributed by atoms with Gasteiger partial charge in [-0.05, 0) is 38.5 Å². The van der Waals surface area contributed by atoms with Crippen LogP contribution in [0.15, 0.2) is 0 Å². The Morgan fingerprint density at radius 3 is 2.22 bits per heavy atom. The topological polar surface area (TPSA) is 15.3 Å². The molecule has 4 atom stereocenters. The van der Waals surface area contributed by atoms with Crippen molar-refractivity contribution in [3.8, 4) is 0 Å².